The maximum atomic E-state index is 12.1. The second-order valence-electron chi connectivity index (χ2n) is 19.5. The summed E-state index contributed by atoms with van der Waals surface area (Å²) in [6, 6.07) is 0. The Morgan fingerprint density at radius 1 is 0.760 bits per heavy atom. The van der Waals surface area contributed by atoms with Crippen molar-refractivity contribution in [1.82, 2.24) is 0 Å². The minimum absolute atomic E-state index is 0.0311. The molecule has 0 N–H and O–H groups in total. The van der Waals surface area contributed by atoms with Gasteiger partial charge in [0.2, 0.25) is 0 Å². The maximum absolute atomic E-state index is 12.1. The van der Waals surface area contributed by atoms with Gasteiger partial charge in [0.1, 0.15) is 6.61 Å². The molecule has 0 aliphatic heterocycles. The predicted octanol–water partition coefficient (Wildman–Crippen LogP) is 12.2. The highest BCUT2D eigenvalue weighted by atomic mass is 28.4. The number of esters is 1. The van der Waals surface area contributed by atoms with Gasteiger partial charge >= 0.3 is 5.97 Å². The summed E-state index contributed by atoms with van der Waals surface area (Å²) in [7, 11) is -6.10. The van der Waals surface area contributed by atoms with E-state index in [1.165, 1.54) is 26.2 Å². The zero-order chi connectivity index (χ0) is 38.8. The molecule has 0 radical (unpaired) electrons. The van der Waals surface area contributed by atoms with Crippen molar-refractivity contribution < 1.29 is 27.6 Å². The number of Topliss-reactive ketones (excluding diaryl/α,β-unsaturated/α-hetero) is 1. The third kappa shape index (κ3) is 15.2. The lowest BCUT2D eigenvalue weighted by atomic mass is 9.89. The van der Waals surface area contributed by atoms with Gasteiger partial charge in [-0.1, -0.05) is 113 Å². The van der Waals surface area contributed by atoms with Gasteiger partial charge in [-0.15, -0.1) is 0 Å². The van der Waals surface area contributed by atoms with Crippen LogP contribution in [0.2, 0.25) is 54.4 Å². The molecular formula is C41H80O6Si3. The number of ketones is 1. The molecule has 0 unspecified atom stereocenters. The van der Waals surface area contributed by atoms with Gasteiger partial charge in [0.15, 0.2) is 30.7 Å². The first-order chi connectivity index (χ1) is 22.6. The molecule has 0 saturated heterocycles. The maximum Gasteiger partial charge on any atom is 0.303 e. The number of rotatable bonds is 20. The van der Waals surface area contributed by atoms with Crippen molar-refractivity contribution in [3.05, 3.63) is 24.3 Å². The Hall–Kier alpha value is -0.849. The Morgan fingerprint density at radius 2 is 1.30 bits per heavy atom. The fraction of sp³-hybridized carbons (Fsp3) is 0.854. The molecule has 0 heterocycles. The van der Waals surface area contributed by atoms with Gasteiger partial charge in [0.05, 0.1) is 18.3 Å². The number of carbonyl (C=O) groups is 2. The van der Waals surface area contributed by atoms with Crippen molar-refractivity contribution in [2.75, 3.05) is 6.61 Å². The smallest absolute Gasteiger partial charge is 0.303 e. The van der Waals surface area contributed by atoms with Crippen LogP contribution in [-0.4, -0.2) is 61.6 Å². The summed E-state index contributed by atoms with van der Waals surface area (Å²) in [6.07, 6.45) is 18.1. The first-order valence-corrected chi connectivity index (χ1v) is 28.4. The third-order valence-electron chi connectivity index (χ3n) is 12.1. The number of carbonyl (C=O) groups excluding carboxylic acids is 2. The van der Waals surface area contributed by atoms with Crippen LogP contribution in [0.5, 0.6) is 0 Å². The lowest BCUT2D eigenvalue weighted by Gasteiger charge is -2.40. The Bertz CT molecular complexity index is 1110. The normalized spacial score (nSPS) is 22.1. The molecule has 1 saturated carbocycles. The molecule has 6 nitrogen and oxygen atoms in total. The monoisotopic (exact) mass is 753 g/mol. The number of unbranched alkanes of at least 4 members (excludes halogenated alkanes) is 3. The van der Waals surface area contributed by atoms with Crippen molar-refractivity contribution in [3.63, 3.8) is 0 Å². The highest BCUT2D eigenvalue weighted by molar-refractivity contribution is 6.75. The molecular weight excluding hydrogens is 673 g/mol. The Labute approximate surface area is 312 Å². The minimum atomic E-state index is -2.07. The molecule has 5 atom stereocenters. The van der Waals surface area contributed by atoms with Crippen LogP contribution in [0, 0.1) is 11.8 Å². The van der Waals surface area contributed by atoms with E-state index in [1.807, 2.05) is 0 Å². The molecule has 1 rings (SSSR count). The van der Waals surface area contributed by atoms with Gasteiger partial charge < -0.3 is 18.0 Å². The highest BCUT2D eigenvalue weighted by Gasteiger charge is 2.50. The standard InChI is InChI=1S/C41H80O6Si3/c1-18-19-22-26-34(45-48(12,13)39(3,4)5)28-29-36-35(27-24-21-20-23-25-33(43)31-44-32(2)42)37(46-49(14,15)40(6,7)8)30-38(36)47-50(16,17)41(9,10)11/h21,24,28-29,34-38H,18-20,22-23,25-27,30-31H2,1-17H3/t34-,35+,36+,37-,38+/m0/s1. The summed E-state index contributed by atoms with van der Waals surface area (Å²) in [5.41, 5.74) is 0. The van der Waals surface area contributed by atoms with E-state index in [-0.39, 0.29) is 57.7 Å². The largest absolute Gasteiger partial charge is 0.458 e. The van der Waals surface area contributed by atoms with Gasteiger partial charge in [-0.05, 0) is 92.4 Å². The number of hydrogen-bond donors (Lipinski definition) is 0. The lowest BCUT2D eigenvalue weighted by molar-refractivity contribution is -0.145. The summed E-state index contributed by atoms with van der Waals surface area (Å²) in [6.45, 7) is 38.6. The number of ether oxygens (including phenoxy) is 1. The second-order valence-corrected chi connectivity index (χ2v) is 33.8. The lowest BCUT2D eigenvalue weighted by Crippen LogP contribution is -2.45. The van der Waals surface area contributed by atoms with Gasteiger partial charge in [-0.2, -0.15) is 0 Å². The molecule has 0 aromatic heterocycles. The third-order valence-corrected chi connectivity index (χ3v) is 25.6. The average Bonchev–Trinajstić information content (AvgIpc) is 3.24. The van der Waals surface area contributed by atoms with Crippen LogP contribution in [0.25, 0.3) is 0 Å². The minimum Gasteiger partial charge on any atom is -0.458 e. The van der Waals surface area contributed by atoms with Crippen molar-refractivity contribution >= 4 is 36.7 Å². The second kappa shape index (κ2) is 19.5. The Kier molecular flexibility index (Phi) is 18.4. The molecule has 0 amide bonds. The van der Waals surface area contributed by atoms with Crippen LogP contribution in [0.4, 0.5) is 0 Å². The van der Waals surface area contributed by atoms with E-state index in [2.05, 4.69) is 133 Å². The summed E-state index contributed by atoms with van der Waals surface area (Å²) < 4.78 is 26.6. The molecule has 0 spiro atoms. The fourth-order valence-electron chi connectivity index (χ4n) is 5.67. The first-order valence-electron chi connectivity index (χ1n) is 19.7. The van der Waals surface area contributed by atoms with Crippen molar-refractivity contribution in [3.8, 4) is 0 Å². The topological polar surface area (TPSA) is 71.1 Å². The van der Waals surface area contributed by atoms with E-state index >= 15 is 0 Å². The van der Waals surface area contributed by atoms with Crippen LogP contribution in [-0.2, 0) is 27.6 Å². The Balaban J connectivity index is 3.53. The molecule has 292 valence electrons. The fourth-order valence-corrected chi connectivity index (χ4v) is 9.72. The molecule has 0 aromatic rings. The predicted molar refractivity (Wildman–Crippen MR) is 220 cm³/mol. The number of allylic oxidation sites excluding steroid dienone is 2. The van der Waals surface area contributed by atoms with E-state index in [1.54, 1.807) is 0 Å². The van der Waals surface area contributed by atoms with Crippen molar-refractivity contribution in [1.29, 1.82) is 0 Å². The summed E-state index contributed by atoms with van der Waals surface area (Å²) in [5.74, 6) is 0.0470. The van der Waals surface area contributed by atoms with Gasteiger partial charge in [-0.25, -0.2) is 0 Å². The molecule has 1 aliphatic rings. The van der Waals surface area contributed by atoms with E-state index in [9.17, 15) is 9.59 Å². The van der Waals surface area contributed by atoms with Gasteiger partial charge in [0, 0.05) is 19.3 Å². The SMILES string of the molecule is CCCCC[C@@H](C=C[C@@H]1[C@@H](CC=CCCCC(=O)COC(C)=O)[C@@H](O[Si](C)(C)C(C)(C)C)C[C@H]1O[Si](C)(C)C(C)(C)C)O[Si](C)(C)C(C)(C)C. The van der Waals surface area contributed by atoms with Gasteiger partial charge in [-0.3, -0.25) is 9.59 Å². The zero-order valence-electron chi connectivity index (χ0n) is 35.7. The van der Waals surface area contributed by atoms with Crippen molar-refractivity contribution in [2.45, 2.75) is 207 Å². The van der Waals surface area contributed by atoms with Crippen LogP contribution in [0.3, 0.4) is 0 Å². The zero-order valence-corrected chi connectivity index (χ0v) is 38.7. The number of hydrogen-bond acceptors (Lipinski definition) is 6. The molecule has 9 heteroatoms. The molecule has 1 fully saturated rings. The van der Waals surface area contributed by atoms with Crippen LogP contribution in [0.15, 0.2) is 24.3 Å². The average molecular weight is 753 g/mol. The highest BCUT2D eigenvalue weighted by Crippen LogP contribution is 2.48. The molecule has 50 heavy (non-hydrogen) atoms. The first kappa shape index (κ1) is 47.2. The van der Waals surface area contributed by atoms with Crippen LogP contribution < -0.4 is 0 Å². The van der Waals surface area contributed by atoms with E-state index in [0.29, 0.717) is 6.42 Å². The Morgan fingerprint density at radius 3 is 1.80 bits per heavy atom. The van der Waals surface area contributed by atoms with Crippen molar-refractivity contribution in [2.24, 2.45) is 11.8 Å². The molecule has 0 aromatic carbocycles. The van der Waals surface area contributed by atoms with E-state index < -0.39 is 30.9 Å². The summed E-state index contributed by atoms with van der Waals surface area (Å²) >= 11 is 0. The molecule has 1 aliphatic carbocycles. The quantitative estimate of drug-likeness (QED) is 0.0534. The van der Waals surface area contributed by atoms with E-state index in [0.717, 1.165) is 32.1 Å². The van der Waals surface area contributed by atoms with Crippen LogP contribution >= 0.6 is 0 Å². The summed E-state index contributed by atoms with van der Waals surface area (Å²) in [4.78, 5) is 23.2. The van der Waals surface area contributed by atoms with Gasteiger partial charge in [0.25, 0.3) is 0 Å². The summed E-state index contributed by atoms with van der Waals surface area (Å²) in [5, 5.41) is 0.360. The van der Waals surface area contributed by atoms with E-state index in [4.69, 9.17) is 18.0 Å². The van der Waals surface area contributed by atoms with Crippen LogP contribution in [0.1, 0.15) is 134 Å². The molecule has 0 bridgehead atoms.